The second-order valence-electron chi connectivity index (χ2n) is 6.52. The van der Waals surface area contributed by atoms with Gasteiger partial charge in [-0.2, -0.15) is 0 Å². The van der Waals surface area contributed by atoms with Crippen LogP contribution >= 0.6 is 11.6 Å². The van der Waals surface area contributed by atoms with Crippen LogP contribution in [0.4, 0.5) is 16.2 Å². The highest BCUT2D eigenvalue weighted by Crippen LogP contribution is 2.31. The minimum absolute atomic E-state index is 0.0639. The Morgan fingerprint density at radius 1 is 1.04 bits per heavy atom. The van der Waals surface area contributed by atoms with E-state index >= 15 is 0 Å². The molecule has 1 fully saturated rings. The smallest absolute Gasteiger partial charge is 0.321 e. The summed E-state index contributed by atoms with van der Waals surface area (Å²) in [7, 11) is 1.65. The van der Waals surface area contributed by atoms with Crippen LogP contribution < -0.4 is 15.0 Å². The predicted octanol–water partition coefficient (Wildman–Crippen LogP) is 4.32. The second-order valence-corrected chi connectivity index (χ2v) is 6.96. The van der Waals surface area contributed by atoms with E-state index < -0.39 is 0 Å². The topological polar surface area (TPSA) is 44.8 Å². The first-order valence-corrected chi connectivity index (χ1v) is 9.07. The van der Waals surface area contributed by atoms with E-state index in [1.54, 1.807) is 7.11 Å². The van der Waals surface area contributed by atoms with Gasteiger partial charge in [0, 0.05) is 36.9 Å². The highest BCUT2D eigenvalue weighted by molar-refractivity contribution is 6.30. The van der Waals surface area contributed by atoms with Gasteiger partial charge in [0.2, 0.25) is 0 Å². The van der Waals surface area contributed by atoms with Crippen molar-refractivity contribution in [2.24, 2.45) is 0 Å². The van der Waals surface area contributed by atoms with E-state index in [0.29, 0.717) is 18.1 Å². The molecule has 0 spiro atoms. The van der Waals surface area contributed by atoms with E-state index in [-0.39, 0.29) is 6.03 Å². The zero-order valence-electron chi connectivity index (χ0n) is 15.4. The lowest BCUT2D eigenvalue weighted by molar-refractivity contribution is 0.208. The van der Waals surface area contributed by atoms with Crippen molar-refractivity contribution >= 4 is 29.0 Å². The number of amides is 2. The quantitative estimate of drug-likeness (QED) is 0.871. The van der Waals surface area contributed by atoms with Crippen molar-refractivity contribution < 1.29 is 9.53 Å². The van der Waals surface area contributed by atoms with Crippen LogP contribution in [0.25, 0.3) is 0 Å². The first-order chi connectivity index (χ1) is 12.5. The number of nitrogens with one attached hydrogen (secondary N) is 1. The minimum Gasteiger partial charge on any atom is -0.495 e. The third-order valence-corrected chi connectivity index (χ3v) is 5.04. The standard InChI is InChI=1S/C20H24ClN3O2/c1-14-4-6-17(12-15(14)2)22-20(25)24-10-8-23(9-11-24)18-13-16(21)5-7-19(18)26-3/h4-7,12-13H,8-11H2,1-3H3,(H,22,25). The number of hydrogen-bond donors (Lipinski definition) is 1. The molecular formula is C20H24ClN3O2. The Labute approximate surface area is 159 Å². The highest BCUT2D eigenvalue weighted by Gasteiger charge is 2.23. The van der Waals surface area contributed by atoms with Crippen molar-refractivity contribution in [1.29, 1.82) is 0 Å². The van der Waals surface area contributed by atoms with Gasteiger partial charge in [-0.15, -0.1) is 0 Å². The summed E-state index contributed by atoms with van der Waals surface area (Å²) >= 11 is 6.13. The number of halogens is 1. The number of hydrogen-bond acceptors (Lipinski definition) is 3. The summed E-state index contributed by atoms with van der Waals surface area (Å²) in [6.45, 7) is 6.86. The van der Waals surface area contributed by atoms with Gasteiger partial charge in [0.05, 0.1) is 12.8 Å². The van der Waals surface area contributed by atoms with Crippen molar-refractivity contribution in [2.75, 3.05) is 43.5 Å². The molecule has 1 aliphatic rings. The lowest BCUT2D eigenvalue weighted by Gasteiger charge is -2.36. The van der Waals surface area contributed by atoms with E-state index in [9.17, 15) is 4.79 Å². The van der Waals surface area contributed by atoms with Crippen LogP contribution in [-0.2, 0) is 0 Å². The Morgan fingerprint density at radius 2 is 1.77 bits per heavy atom. The van der Waals surface area contributed by atoms with Gasteiger partial charge >= 0.3 is 6.03 Å². The van der Waals surface area contributed by atoms with Crippen molar-refractivity contribution in [3.63, 3.8) is 0 Å². The molecular weight excluding hydrogens is 350 g/mol. The van der Waals surface area contributed by atoms with Gasteiger partial charge in [-0.3, -0.25) is 0 Å². The molecule has 0 unspecified atom stereocenters. The number of carbonyl (C=O) groups excluding carboxylic acids is 1. The molecule has 0 bridgehead atoms. The Bertz CT molecular complexity index is 802. The summed E-state index contributed by atoms with van der Waals surface area (Å²) in [6.07, 6.45) is 0. The summed E-state index contributed by atoms with van der Waals surface area (Å²) in [5.74, 6) is 0.794. The van der Waals surface area contributed by atoms with Crippen LogP contribution in [0, 0.1) is 13.8 Å². The van der Waals surface area contributed by atoms with Crippen LogP contribution in [0.3, 0.4) is 0 Å². The normalized spacial score (nSPS) is 14.3. The molecule has 5 nitrogen and oxygen atoms in total. The molecule has 0 aliphatic carbocycles. The molecule has 6 heteroatoms. The average molecular weight is 374 g/mol. The van der Waals surface area contributed by atoms with Gasteiger partial charge in [0.25, 0.3) is 0 Å². The number of ether oxygens (including phenoxy) is 1. The van der Waals surface area contributed by atoms with Crippen molar-refractivity contribution in [3.8, 4) is 5.75 Å². The third kappa shape index (κ3) is 4.05. The molecule has 26 heavy (non-hydrogen) atoms. The molecule has 0 atom stereocenters. The number of methoxy groups -OCH3 is 1. The third-order valence-electron chi connectivity index (χ3n) is 4.81. The van der Waals surface area contributed by atoms with E-state index in [2.05, 4.69) is 17.1 Å². The fraction of sp³-hybridized carbons (Fsp3) is 0.350. The summed E-state index contributed by atoms with van der Waals surface area (Å²) in [4.78, 5) is 16.6. The van der Waals surface area contributed by atoms with Gasteiger partial charge < -0.3 is 19.9 Å². The first kappa shape index (κ1) is 18.4. The van der Waals surface area contributed by atoms with Crippen molar-refractivity contribution in [2.45, 2.75) is 13.8 Å². The molecule has 3 rings (SSSR count). The molecule has 0 radical (unpaired) electrons. The van der Waals surface area contributed by atoms with Crippen molar-refractivity contribution in [1.82, 2.24) is 4.90 Å². The number of benzene rings is 2. The second kappa shape index (κ2) is 7.87. The van der Waals surface area contributed by atoms with Crippen LogP contribution in [-0.4, -0.2) is 44.2 Å². The van der Waals surface area contributed by atoms with Gasteiger partial charge in [-0.05, 0) is 55.3 Å². The number of rotatable bonds is 3. The lowest BCUT2D eigenvalue weighted by Crippen LogP contribution is -2.50. The van der Waals surface area contributed by atoms with Gasteiger partial charge in [-0.25, -0.2) is 4.79 Å². The number of piperazine rings is 1. The Morgan fingerprint density at radius 3 is 2.42 bits per heavy atom. The molecule has 2 aromatic carbocycles. The maximum absolute atomic E-state index is 12.5. The van der Waals surface area contributed by atoms with Crippen molar-refractivity contribution in [3.05, 3.63) is 52.5 Å². The molecule has 2 aromatic rings. The SMILES string of the molecule is COc1ccc(Cl)cc1N1CCN(C(=O)Nc2ccc(C)c(C)c2)CC1. The predicted molar refractivity (Wildman–Crippen MR) is 107 cm³/mol. The van der Waals surface area contributed by atoms with Crippen LogP contribution in [0.15, 0.2) is 36.4 Å². The fourth-order valence-corrected chi connectivity index (χ4v) is 3.25. The lowest BCUT2D eigenvalue weighted by atomic mass is 10.1. The van der Waals surface area contributed by atoms with Gasteiger partial charge in [0.15, 0.2) is 0 Å². The summed E-state index contributed by atoms with van der Waals surface area (Å²) in [5, 5.41) is 3.67. The zero-order chi connectivity index (χ0) is 18.7. The molecule has 1 heterocycles. The fourth-order valence-electron chi connectivity index (χ4n) is 3.08. The Hall–Kier alpha value is -2.40. The molecule has 0 aromatic heterocycles. The average Bonchev–Trinajstić information content (AvgIpc) is 2.65. The minimum atomic E-state index is -0.0639. The van der Waals surface area contributed by atoms with Crippen LogP contribution in [0.1, 0.15) is 11.1 Å². The largest absolute Gasteiger partial charge is 0.495 e. The van der Waals surface area contributed by atoms with E-state index in [1.165, 1.54) is 11.1 Å². The molecule has 138 valence electrons. The summed E-state index contributed by atoms with van der Waals surface area (Å²) in [6, 6.07) is 11.5. The molecule has 1 aliphatic heterocycles. The van der Waals surface area contributed by atoms with E-state index in [0.717, 1.165) is 30.2 Å². The molecule has 1 N–H and O–H groups in total. The number of nitrogens with zero attached hydrogens (tertiary/aromatic N) is 2. The van der Waals surface area contributed by atoms with Crippen LogP contribution in [0.5, 0.6) is 5.75 Å². The van der Waals surface area contributed by atoms with E-state index in [1.807, 2.05) is 48.2 Å². The molecule has 2 amide bonds. The van der Waals surface area contributed by atoms with Gasteiger partial charge in [-0.1, -0.05) is 17.7 Å². The Kier molecular flexibility index (Phi) is 5.57. The van der Waals surface area contributed by atoms with E-state index in [4.69, 9.17) is 16.3 Å². The van der Waals surface area contributed by atoms with Crippen LogP contribution in [0.2, 0.25) is 5.02 Å². The number of anilines is 2. The molecule has 0 saturated carbocycles. The Balaban J connectivity index is 1.62. The maximum atomic E-state index is 12.5. The van der Waals surface area contributed by atoms with Gasteiger partial charge in [0.1, 0.15) is 5.75 Å². The monoisotopic (exact) mass is 373 g/mol. The zero-order valence-corrected chi connectivity index (χ0v) is 16.1. The maximum Gasteiger partial charge on any atom is 0.321 e. The molecule has 1 saturated heterocycles. The number of aryl methyl sites for hydroxylation is 2. The number of carbonyl (C=O) groups is 1. The summed E-state index contributed by atoms with van der Waals surface area (Å²) < 4.78 is 5.43. The first-order valence-electron chi connectivity index (χ1n) is 8.69. The number of urea groups is 1. The highest BCUT2D eigenvalue weighted by atomic mass is 35.5. The summed E-state index contributed by atoms with van der Waals surface area (Å²) in [5.41, 5.74) is 4.18.